The average Bonchev–Trinajstić information content (AvgIpc) is 2.73. The fourth-order valence-electron chi connectivity index (χ4n) is 4.14. The van der Waals surface area contributed by atoms with Gasteiger partial charge in [0.2, 0.25) is 0 Å². The van der Waals surface area contributed by atoms with E-state index >= 15 is 0 Å². The van der Waals surface area contributed by atoms with E-state index in [1.54, 1.807) is 0 Å². The van der Waals surface area contributed by atoms with Crippen molar-refractivity contribution < 1.29 is 22.5 Å². The Kier molecular flexibility index (Phi) is 17.8. The molecule has 186 valence electrons. The molecule has 1 N–H and O–H groups in total. The van der Waals surface area contributed by atoms with E-state index in [0.29, 0.717) is 0 Å². The number of ether oxygens (including phenoxy) is 1. The Bertz CT molecular complexity index is 579. The third kappa shape index (κ3) is 14.3. The van der Waals surface area contributed by atoms with Gasteiger partial charge in [-0.25, -0.2) is 0 Å². The third-order valence-corrected chi connectivity index (χ3v) is 12.3. The van der Waals surface area contributed by atoms with Gasteiger partial charge in [-0.3, -0.25) is 0 Å². The molecule has 0 heterocycles. The van der Waals surface area contributed by atoms with Crippen LogP contribution in [0, 0.1) is 0 Å². The number of esters is 1. The van der Waals surface area contributed by atoms with Crippen LogP contribution in [0.5, 0.6) is 0 Å². The number of rotatable bonds is 20. The molecule has 0 fully saturated rings. The molecule has 0 radical (unpaired) electrons. The summed E-state index contributed by atoms with van der Waals surface area (Å²) in [5.74, 6) is -0.610. The van der Waals surface area contributed by atoms with Crippen molar-refractivity contribution >= 4 is 23.3 Å². The minimum atomic E-state index is -4.03. The summed E-state index contributed by atoms with van der Waals surface area (Å²) in [5, 5.41) is 0.950. The topological polar surface area (TPSA) is 80.7 Å². The van der Waals surface area contributed by atoms with E-state index in [2.05, 4.69) is 33.8 Å². The van der Waals surface area contributed by atoms with Crippen molar-refractivity contribution in [2.45, 2.75) is 105 Å². The van der Waals surface area contributed by atoms with Crippen molar-refractivity contribution in [3.8, 4) is 0 Å². The Morgan fingerprint density at radius 2 is 1.32 bits per heavy atom. The van der Waals surface area contributed by atoms with Gasteiger partial charge in [-0.2, -0.15) is 0 Å². The van der Waals surface area contributed by atoms with E-state index in [1.165, 1.54) is 19.3 Å². The third-order valence-electron chi connectivity index (χ3n) is 6.00. The molecule has 0 aliphatic heterocycles. The molecule has 31 heavy (non-hydrogen) atoms. The van der Waals surface area contributed by atoms with Crippen molar-refractivity contribution in [3.63, 3.8) is 0 Å². The molecule has 0 aliphatic rings. The number of hydrogen-bond acceptors (Lipinski definition) is 4. The van der Waals surface area contributed by atoms with E-state index in [-0.39, 0.29) is 24.7 Å². The molecule has 5 nitrogen and oxygen atoms in total. The van der Waals surface area contributed by atoms with E-state index < -0.39 is 17.4 Å². The van der Waals surface area contributed by atoms with Gasteiger partial charge in [0.1, 0.15) is 0 Å². The molecule has 0 saturated heterocycles. The molecular weight excluding hydrogens is 431 g/mol. The standard InChI is InChI=1S/C24H49O5PS/c1-5-9-13-14-15-17-23(24(25)29-18-16-22-31(26,27)28)30(19-10-6-2,20-11-7-3)21-12-8-4/h17,30H,5-16,18-22H2,1-4H3,(H,26,27,28). The van der Waals surface area contributed by atoms with Crippen LogP contribution in [0.1, 0.15) is 105 Å². The molecule has 0 unspecified atom stereocenters. The Labute approximate surface area is 192 Å². The van der Waals surface area contributed by atoms with Crippen LogP contribution in [-0.4, -0.2) is 49.8 Å². The van der Waals surface area contributed by atoms with E-state index in [9.17, 15) is 13.2 Å². The predicted molar refractivity (Wildman–Crippen MR) is 136 cm³/mol. The Morgan fingerprint density at radius 1 is 0.806 bits per heavy atom. The minimum absolute atomic E-state index is 0.0333. The Morgan fingerprint density at radius 3 is 1.77 bits per heavy atom. The summed E-state index contributed by atoms with van der Waals surface area (Å²) in [5.41, 5.74) is 0. The number of carbonyl (C=O) groups excluding carboxylic acids is 1. The predicted octanol–water partition coefficient (Wildman–Crippen LogP) is 6.81. The summed E-state index contributed by atoms with van der Waals surface area (Å²) in [6.07, 6.45) is 18.1. The quantitative estimate of drug-likeness (QED) is 0.0680. The van der Waals surface area contributed by atoms with Crippen molar-refractivity contribution in [2.75, 3.05) is 30.8 Å². The van der Waals surface area contributed by atoms with Crippen LogP contribution in [-0.2, 0) is 19.6 Å². The van der Waals surface area contributed by atoms with Crippen LogP contribution in [0.4, 0.5) is 0 Å². The van der Waals surface area contributed by atoms with E-state index in [1.807, 2.05) is 0 Å². The average molecular weight is 481 g/mol. The summed E-state index contributed by atoms with van der Waals surface area (Å²) >= 11 is 0. The fourth-order valence-corrected chi connectivity index (χ4v) is 10.4. The molecule has 0 aromatic rings. The zero-order valence-electron chi connectivity index (χ0n) is 20.6. The maximum atomic E-state index is 13.3. The molecule has 0 saturated carbocycles. The van der Waals surface area contributed by atoms with Gasteiger partial charge >= 0.3 is 193 Å². The van der Waals surface area contributed by atoms with Gasteiger partial charge in [-0.1, -0.05) is 0 Å². The molecule has 0 rings (SSSR count). The van der Waals surface area contributed by atoms with Gasteiger partial charge in [0.25, 0.3) is 0 Å². The Hall–Kier alpha value is -0.450. The molecule has 0 aromatic carbocycles. The second kappa shape index (κ2) is 18.0. The summed E-state index contributed by atoms with van der Waals surface area (Å²) in [7, 11) is -6.02. The first-order valence-corrected chi connectivity index (χ1v) is 16.8. The van der Waals surface area contributed by atoms with Crippen LogP contribution < -0.4 is 0 Å². The van der Waals surface area contributed by atoms with Gasteiger partial charge in [0.15, 0.2) is 0 Å². The van der Waals surface area contributed by atoms with Gasteiger partial charge in [0.05, 0.1) is 0 Å². The van der Waals surface area contributed by atoms with Crippen LogP contribution >= 0.6 is 7.26 Å². The molecule has 0 bridgehead atoms. The molecule has 0 amide bonds. The van der Waals surface area contributed by atoms with Crippen LogP contribution in [0.15, 0.2) is 11.4 Å². The van der Waals surface area contributed by atoms with Gasteiger partial charge in [-0.15, -0.1) is 0 Å². The summed E-state index contributed by atoms with van der Waals surface area (Å²) in [6.45, 7) is 8.86. The van der Waals surface area contributed by atoms with E-state index in [0.717, 1.165) is 75.2 Å². The summed E-state index contributed by atoms with van der Waals surface area (Å²) < 4.78 is 36.4. The molecule has 0 spiro atoms. The summed E-state index contributed by atoms with van der Waals surface area (Å²) in [6, 6.07) is 0. The summed E-state index contributed by atoms with van der Waals surface area (Å²) in [4.78, 5) is 13.3. The zero-order chi connectivity index (χ0) is 23.6. The van der Waals surface area contributed by atoms with Crippen molar-refractivity contribution in [2.24, 2.45) is 0 Å². The second-order valence-corrected chi connectivity index (χ2v) is 15.0. The first-order chi connectivity index (χ1) is 14.8. The van der Waals surface area contributed by atoms with Crippen LogP contribution in [0.2, 0.25) is 0 Å². The van der Waals surface area contributed by atoms with Crippen molar-refractivity contribution in [3.05, 3.63) is 11.4 Å². The second-order valence-electron chi connectivity index (χ2n) is 8.83. The number of carbonyl (C=O) groups is 1. The van der Waals surface area contributed by atoms with Gasteiger partial charge in [-0.05, 0) is 0 Å². The maximum absolute atomic E-state index is 13.3. The van der Waals surface area contributed by atoms with Crippen molar-refractivity contribution in [1.29, 1.82) is 0 Å². The van der Waals surface area contributed by atoms with Gasteiger partial charge in [0, 0.05) is 0 Å². The molecular formula is C24H49O5PS. The number of allylic oxidation sites excluding steroid dienone is 1. The Balaban J connectivity index is 5.66. The first-order valence-electron chi connectivity index (χ1n) is 12.6. The molecule has 0 atom stereocenters. The molecule has 0 aliphatic carbocycles. The normalized spacial score (nSPS) is 13.4. The van der Waals surface area contributed by atoms with Crippen molar-refractivity contribution in [1.82, 2.24) is 0 Å². The monoisotopic (exact) mass is 480 g/mol. The zero-order valence-corrected chi connectivity index (χ0v) is 22.4. The molecule has 0 aromatic heterocycles. The number of hydrogen-bond donors (Lipinski definition) is 1. The fraction of sp³-hybridized carbons (Fsp3) is 0.875. The SMILES string of the molecule is CCCCCCC=C(C(=O)OCCCS(=O)(=O)O)[PH](CCCC)(CCCC)CCCC. The van der Waals surface area contributed by atoms with Gasteiger partial charge < -0.3 is 0 Å². The van der Waals surface area contributed by atoms with Crippen LogP contribution in [0.3, 0.4) is 0 Å². The first kappa shape index (κ1) is 30.6. The molecule has 7 heteroatoms. The number of unbranched alkanes of at least 4 members (excludes halogenated alkanes) is 7. The van der Waals surface area contributed by atoms with Crippen LogP contribution in [0.25, 0.3) is 0 Å². The van der Waals surface area contributed by atoms with E-state index in [4.69, 9.17) is 9.29 Å².